The van der Waals surface area contributed by atoms with Crippen molar-refractivity contribution in [3.05, 3.63) is 63.4 Å². The van der Waals surface area contributed by atoms with Crippen LogP contribution in [-0.2, 0) is 9.09 Å². The monoisotopic (exact) mass is 418 g/mol. The van der Waals surface area contributed by atoms with Crippen molar-refractivity contribution >= 4 is 8.25 Å². The number of rotatable bonds is 9. The molecule has 0 aliphatic carbocycles. The fourth-order valence-corrected chi connectivity index (χ4v) is 2.96. The Morgan fingerprint density at radius 2 is 1.89 bits per heavy atom. The maximum atomic E-state index is 14.3. The van der Waals surface area contributed by atoms with Crippen LogP contribution in [0.3, 0.4) is 0 Å². The van der Waals surface area contributed by atoms with E-state index < -0.39 is 50.2 Å². The fraction of sp³-hybridized carbons (Fsp3) is 0.375. The van der Waals surface area contributed by atoms with Gasteiger partial charge in [-0.25, -0.2) is 13.8 Å². The number of nitrogens with zero attached hydrogens (tertiary/aromatic N) is 1. The molecule has 5 atom stereocenters. The predicted molar refractivity (Wildman–Crippen MR) is 96.1 cm³/mol. The zero-order chi connectivity index (χ0) is 20.9. The second kappa shape index (κ2) is 9.26. The van der Waals surface area contributed by atoms with E-state index in [0.29, 0.717) is 4.57 Å². The van der Waals surface area contributed by atoms with Crippen LogP contribution in [-0.4, -0.2) is 49.4 Å². The largest absolute Gasteiger partial charge is 0.426 e. The SMILES string of the molecule is C[C@@](O)([C@H](O)[C@@H](F)CO[PH](=O)Oc1ccccc1)[C@@H](O)n1ccc(=O)[nH]c1=O. The summed E-state index contributed by atoms with van der Waals surface area (Å²) in [5.41, 5.74) is -4.37. The van der Waals surface area contributed by atoms with Gasteiger partial charge < -0.3 is 19.8 Å². The van der Waals surface area contributed by atoms with Gasteiger partial charge in [0.1, 0.15) is 17.5 Å². The molecule has 1 heterocycles. The van der Waals surface area contributed by atoms with E-state index >= 15 is 0 Å². The van der Waals surface area contributed by atoms with Crippen LogP contribution in [0.25, 0.3) is 0 Å². The lowest BCUT2D eigenvalue weighted by molar-refractivity contribution is -0.184. The summed E-state index contributed by atoms with van der Waals surface area (Å²) in [5, 5.41) is 30.5. The molecule has 28 heavy (non-hydrogen) atoms. The summed E-state index contributed by atoms with van der Waals surface area (Å²) < 4.78 is 36.2. The molecule has 2 aromatic rings. The van der Waals surface area contributed by atoms with Gasteiger partial charge >= 0.3 is 13.9 Å². The van der Waals surface area contributed by atoms with Crippen LogP contribution in [0.15, 0.2) is 52.2 Å². The van der Waals surface area contributed by atoms with Crippen LogP contribution in [0.2, 0.25) is 0 Å². The van der Waals surface area contributed by atoms with Crippen molar-refractivity contribution in [3.8, 4) is 5.75 Å². The molecule has 0 saturated carbocycles. The summed E-state index contributed by atoms with van der Waals surface area (Å²) >= 11 is 0. The maximum Gasteiger partial charge on any atom is 0.367 e. The molecule has 1 aromatic heterocycles. The Kier molecular flexibility index (Phi) is 7.28. The number of para-hydroxylation sites is 1. The molecule has 4 N–H and O–H groups in total. The highest BCUT2D eigenvalue weighted by Gasteiger charge is 2.44. The highest BCUT2D eigenvalue weighted by Crippen LogP contribution is 2.30. The molecule has 0 bridgehead atoms. The Bertz CT molecular complexity index is 917. The van der Waals surface area contributed by atoms with Gasteiger partial charge in [0.05, 0.1) is 6.61 Å². The fourth-order valence-electron chi connectivity index (χ4n) is 2.27. The van der Waals surface area contributed by atoms with Gasteiger partial charge in [0.15, 0.2) is 12.4 Å². The second-order valence-electron chi connectivity index (χ2n) is 6.05. The van der Waals surface area contributed by atoms with E-state index in [1.807, 2.05) is 4.98 Å². The summed E-state index contributed by atoms with van der Waals surface area (Å²) in [7, 11) is -3.14. The molecule has 0 aliphatic rings. The van der Waals surface area contributed by atoms with Crippen molar-refractivity contribution in [3.63, 3.8) is 0 Å². The number of nitrogens with one attached hydrogen (secondary N) is 1. The van der Waals surface area contributed by atoms with Crippen LogP contribution in [0.4, 0.5) is 4.39 Å². The van der Waals surface area contributed by atoms with E-state index in [1.165, 1.54) is 12.1 Å². The highest BCUT2D eigenvalue weighted by atomic mass is 31.1. The van der Waals surface area contributed by atoms with Gasteiger partial charge in [-0.15, -0.1) is 0 Å². The quantitative estimate of drug-likeness (QED) is 0.414. The van der Waals surface area contributed by atoms with Crippen LogP contribution in [0, 0.1) is 0 Å². The molecule has 0 spiro atoms. The second-order valence-corrected chi connectivity index (χ2v) is 7.05. The van der Waals surface area contributed by atoms with Gasteiger partial charge in [-0.1, -0.05) is 18.2 Å². The summed E-state index contributed by atoms with van der Waals surface area (Å²) in [6.45, 7) is -0.0226. The number of hydrogen-bond acceptors (Lipinski definition) is 8. The third-order valence-electron chi connectivity index (χ3n) is 3.88. The average molecular weight is 418 g/mol. The molecule has 0 amide bonds. The minimum Gasteiger partial charge on any atom is -0.426 e. The molecular weight excluding hydrogens is 398 g/mol. The average Bonchev–Trinajstić information content (AvgIpc) is 2.65. The lowest BCUT2D eigenvalue weighted by Crippen LogP contribution is -2.54. The Morgan fingerprint density at radius 3 is 2.50 bits per heavy atom. The first kappa shape index (κ1) is 22.0. The van der Waals surface area contributed by atoms with Gasteiger partial charge in [-0.3, -0.25) is 18.9 Å². The minimum atomic E-state index is -3.14. The van der Waals surface area contributed by atoms with Crippen LogP contribution in [0.5, 0.6) is 5.75 Å². The van der Waals surface area contributed by atoms with E-state index in [9.17, 15) is 33.9 Å². The van der Waals surface area contributed by atoms with Crippen molar-refractivity contribution in [1.82, 2.24) is 9.55 Å². The van der Waals surface area contributed by atoms with Crippen LogP contribution in [0.1, 0.15) is 13.2 Å². The number of hydrogen-bond donors (Lipinski definition) is 4. The topological polar surface area (TPSA) is 151 Å². The van der Waals surface area contributed by atoms with Crippen molar-refractivity contribution in [2.45, 2.75) is 31.0 Å². The van der Waals surface area contributed by atoms with Gasteiger partial charge in [0.2, 0.25) is 0 Å². The lowest BCUT2D eigenvalue weighted by atomic mass is 9.93. The molecule has 154 valence electrons. The summed E-state index contributed by atoms with van der Waals surface area (Å²) in [6, 6.07) is 8.89. The maximum absolute atomic E-state index is 14.3. The molecular formula is C16H20FN2O8P. The lowest BCUT2D eigenvalue weighted by Gasteiger charge is -2.35. The molecule has 2 rings (SSSR count). The first-order valence-electron chi connectivity index (χ1n) is 8.06. The number of aromatic amines is 1. The standard InChI is InChI=1S/C16H20FN2O8P/c1-16(24,14(22)19-8-7-12(20)18-15(19)23)13(21)11(17)9-26-28(25)27-10-5-3-2-4-6-10/h2-8,11,13-14,21-22,24,28H,9H2,1H3,(H,18,20,23)/t11-,13+,14+,16+/m0/s1. The Balaban J connectivity index is 1.99. The highest BCUT2D eigenvalue weighted by molar-refractivity contribution is 7.33. The number of aliphatic hydroxyl groups is 3. The zero-order valence-electron chi connectivity index (χ0n) is 14.7. The molecule has 0 fully saturated rings. The predicted octanol–water partition coefficient (Wildman–Crippen LogP) is -0.0372. The number of halogens is 1. The Hall–Kier alpha value is -2.30. The summed E-state index contributed by atoms with van der Waals surface area (Å²) in [5.74, 6) is 0.238. The first-order valence-corrected chi connectivity index (χ1v) is 9.29. The molecule has 1 aromatic carbocycles. The summed E-state index contributed by atoms with van der Waals surface area (Å²) in [4.78, 5) is 24.6. The smallest absolute Gasteiger partial charge is 0.367 e. The first-order chi connectivity index (χ1) is 13.1. The van der Waals surface area contributed by atoms with E-state index in [1.54, 1.807) is 18.2 Å². The third-order valence-corrected chi connectivity index (χ3v) is 4.69. The Morgan fingerprint density at radius 1 is 1.25 bits per heavy atom. The van der Waals surface area contributed by atoms with E-state index in [0.717, 1.165) is 19.2 Å². The summed E-state index contributed by atoms with van der Waals surface area (Å²) in [6.07, 6.45) is -5.73. The van der Waals surface area contributed by atoms with Crippen molar-refractivity contribution < 1.29 is 33.3 Å². The Labute approximate surface area is 158 Å². The van der Waals surface area contributed by atoms with E-state index in [4.69, 9.17) is 9.05 Å². The number of H-pyrrole nitrogens is 1. The molecule has 0 aliphatic heterocycles. The van der Waals surface area contributed by atoms with Gasteiger partial charge in [0.25, 0.3) is 5.56 Å². The van der Waals surface area contributed by atoms with Crippen molar-refractivity contribution in [2.24, 2.45) is 0 Å². The molecule has 12 heteroatoms. The van der Waals surface area contributed by atoms with Gasteiger partial charge in [-0.2, -0.15) is 0 Å². The molecule has 0 radical (unpaired) electrons. The normalized spacial score (nSPS) is 17.9. The zero-order valence-corrected chi connectivity index (χ0v) is 15.7. The number of alkyl halides is 1. The number of aromatic nitrogens is 2. The third kappa shape index (κ3) is 5.37. The van der Waals surface area contributed by atoms with Crippen LogP contribution >= 0.6 is 8.25 Å². The minimum absolute atomic E-state index is 0.238. The van der Waals surface area contributed by atoms with E-state index in [2.05, 4.69) is 0 Å². The molecule has 1 unspecified atom stereocenters. The molecule has 0 saturated heterocycles. The molecule has 10 nitrogen and oxygen atoms in total. The van der Waals surface area contributed by atoms with Crippen molar-refractivity contribution in [1.29, 1.82) is 0 Å². The van der Waals surface area contributed by atoms with E-state index in [-0.39, 0.29) is 5.75 Å². The van der Waals surface area contributed by atoms with Crippen molar-refractivity contribution in [2.75, 3.05) is 6.61 Å². The number of benzene rings is 1. The van der Waals surface area contributed by atoms with Gasteiger partial charge in [-0.05, 0) is 19.1 Å². The van der Waals surface area contributed by atoms with Gasteiger partial charge in [0, 0.05) is 12.3 Å². The number of aliphatic hydroxyl groups excluding tert-OH is 2. The van der Waals surface area contributed by atoms with Crippen LogP contribution < -0.4 is 15.8 Å².